The highest BCUT2D eigenvalue weighted by Crippen LogP contribution is 2.24. The molecule has 0 saturated carbocycles. The molecule has 0 spiro atoms. The zero-order valence-corrected chi connectivity index (χ0v) is 21.3. The van der Waals surface area contributed by atoms with E-state index in [1.165, 1.54) is 6.07 Å². The van der Waals surface area contributed by atoms with Crippen molar-refractivity contribution in [1.82, 2.24) is 16.0 Å². The monoisotopic (exact) mass is 503 g/mol. The van der Waals surface area contributed by atoms with Crippen LogP contribution >= 0.6 is 11.6 Å². The lowest BCUT2D eigenvalue weighted by atomic mass is 10.0. The molecule has 0 aliphatic rings. The first-order chi connectivity index (χ1) is 16.6. The predicted octanol–water partition coefficient (Wildman–Crippen LogP) is 3.28. The molecular formula is C26H34ClN3O5. The number of nitrogens with one attached hydrogen (secondary N) is 3. The van der Waals surface area contributed by atoms with Crippen molar-refractivity contribution in [2.45, 2.75) is 52.2 Å². The Balaban J connectivity index is 2.24. The fourth-order valence-electron chi connectivity index (χ4n) is 3.37. The number of rotatable bonds is 13. The van der Waals surface area contributed by atoms with Crippen LogP contribution in [0.5, 0.6) is 5.75 Å². The normalized spacial score (nSPS) is 12.8. The summed E-state index contributed by atoms with van der Waals surface area (Å²) >= 11 is 6.12. The first-order valence-corrected chi connectivity index (χ1v) is 12.0. The van der Waals surface area contributed by atoms with E-state index in [0.717, 1.165) is 5.56 Å². The molecule has 2 aromatic rings. The van der Waals surface area contributed by atoms with Crippen molar-refractivity contribution in [3.63, 3.8) is 0 Å². The summed E-state index contributed by atoms with van der Waals surface area (Å²) in [6, 6.07) is 12.0. The van der Waals surface area contributed by atoms with Gasteiger partial charge in [0.05, 0.1) is 5.56 Å². The van der Waals surface area contributed by atoms with Gasteiger partial charge in [0.25, 0.3) is 5.91 Å². The van der Waals surface area contributed by atoms with Crippen LogP contribution in [0.4, 0.5) is 0 Å². The molecule has 2 atom stereocenters. The lowest BCUT2D eigenvalue weighted by molar-refractivity contribution is -0.143. The van der Waals surface area contributed by atoms with Gasteiger partial charge in [-0.1, -0.05) is 69.6 Å². The SMILES string of the molecule is CC(C)NCCOc1cc(Cl)ccc1C(=O)N[C@@H](Cc1ccccc1)C(=O)N[C@H](C(=O)O)C(C)C. The zero-order valence-electron chi connectivity index (χ0n) is 20.5. The Morgan fingerprint density at radius 2 is 1.69 bits per heavy atom. The van der Waals surface area contributed by atoms with Gasteiger partial charge in [-0.05, 0) is 29.7 Å². The number of carboxylic acid groups (broad SMARTS) is 1. The molecule has 0 saturated heterocycles. The lowest BCUT2D eigenvalue weighted by Gasteiger charge is -2.24. The number of carbonyl (C=O) groups is 3. The summed E-state index contributed by atoms with van der Waals surface area (Å²) in [4.78, 5) is 37.9. The molecule has 2 amide bonds. The van der Waals surface area contributed by atoms with Crippen molar-refractivity contribution < 1.29 is 24.2 Å². The number of carbonyl (C=O) groups excluding carboxylic acids is 2. The Labute approximate surface area is 211 Å². The predicted molar refractivity (Wildman–Crippen MR) is 136 cm³/mol. The Hall–Kier alpha value is -3.10. The molecule has 2 aromatic carbocycles. The van der Waals surface area contributed by atoms with Crippen molar-refractivity contribution in [1.29, 1.82) is 0 Å². The fourth-order valence-corrected chi connectivity index (χ4v) is 3.54. The number of carboxylic acids is 1. The number of hydrogen-bond acceptors (Lipinski definition) is 5. The van der Waals surface area contributed by atoms with Gasteiger partial charge in [0.1, 0.15) is 24.4 Å². The Morgan fingerprint density at radius 3 is 2.29 bits per heavy atom. The van der Waals surface area contributed by atoms with Gasteiger partial charge in [0.2, 0.25) is 5.91 Å². The molecule has 9 heteroatoms. The van der Waals surface area contributed by atoms with E-state index in [2.05, 4.69) is 16.0 Å². The van der Waals surface area contributed by atoms with Crippen LogP contribution in [0.2, 0.25) is 5.02 Å². The van der Waals surface area contributed by atoms with Crippen molar-refractivity contribution in [3.05, 3.63) is 64.7 Å². The fraction of sp³-hybridized carbons (Fsp3) is 0.423. The van der Waals surface area contributed by atoms with Crippen LogP contribution in [0.25, 0.3) is 0 Å². The molecule has 0 radical (unpaired) electrons. The van der Waals surface area contributed by atoms with Crippen molar-refractivity contribution in [2.24, 2.45) is 5.92 Å². The van der Waals surface area contributed by atoms with Gasteiger partial charge >= 0.3 is 5.97 Å². The second-order valence-corrected chi connectivity index (χ2v) is 9.32. The third-order valence-corrected chi connectivity index (χ3v) is 5.47. The first kappa shape index (κ1) is 28.1. The topological polar surface area (TPSA) is 117 Å². The number of halogens is 1. The molecule has 190 valence electrons. The molecule has 0 aliphatic carbocycles. The second kappa shape index (κ2) is 13.7. The van der Waals surface area contributed by atoms with Gasteiger partial charge in [-0.25, -0.2) is 4.79 Å². The summed E-state index contributed by atoms with van der Waals surface area (Å²) in [5.41, 5.74) is 1.04. The van der Waals surface area contributed by atoms with Crippen LogP contribution < -0.4 is 20.7 Å². The van der Waals surface area contributed by atoms with E-state index in [-0.39, 0.29) is 17.9 Å². The summed E-state index contributed by atoms with van der Waals surface area (Å²) in [7, 11) is 0. The Kier molecular flexibility index (Phi) is 11.0. The third kappa shape index (κ3) is 9.22. The Bertz CT molecular complexity index is 998. The van der Waals surface area contributed by atoms with Crippen molar-refractivity contribution in [2.75, 3.05) is 13.2 Å². The molecule has 4 N–H and O–H groups in total. The average Bonchev–Trinajstić information content (AvgIpc) is 2.79. The van der Waals surface area contributed by atoms with E-state index in [9.17, 15) is 19.5 Å². The minimum absolute atomic E-state index is 0.185. The van der Waals surface area contributed by atoms with E-state index < -0.39 is 29.9 Å². The minimum Gasteiger partial charge on any atom is -0.491 e. The van der Waals surface area contributed by atoms with Crippen LogP contribution in [0.3, 0.4) is 0 Å². The molecule has 0 heterocycles. The zero-order chi connectivity index (χ0) is 26.0. The number of benzene rings is 2. The van der Waals surface area contributed by atoms with Gasteiger partial charge in [-0.3, -0.25) is 9.59 Å². The molecular weight excluding hydrogens is 470 g/mol. The highest BCUT2D eigenvalue weighted by Gasteiger charge is 2.29. The summed E-state index contributed by atoms with van der Waals surface area (Å²) in [6.45, 7) is 8.34. The van der Waals surface area contributed by atoms with Crippen LogP contribution in [0.15, 0.2) is 48.5 Å². The van der Waals surface area contributed by atoms with E-state index in [0.29, 0.717) is 30.0 Å². The number of hydrogen-bond donors (Lipinski definition) is 4. The minimum atomic E-state index is -1.14. The van der Waals surface area contributed by atoms with Gasteiger partial charge in [-0.15, -0.1) is 0 Å². The highest BCUT2D eigenvalue weighted by molar-refractivity contribution is 6.30. The average molecular weight is 504 g/mol. The molecule has 0 bridgehead atoms. The third-order valence-electron chi connectivity index (χ3n) is 5.24. The standard InChI is InChI=1S/C26H34ClN3O5/c1-16(2)23(26(33)34)30-25(32)21(14-18-8-6-5-7-9-18)29-24(31)20-11-10-19(27)15-22(20)35-13-12-28-17(3)4/h5-11,15-17,21,23,28H,12-14H2,1-4H3,(H,29,31)(H,30,32)(H,33,34)/t21-,23-/m0/s1. The molecule has 0 aromatic heterocycles. The largest absolute Gasteiger partial charge is 0.491 e. The molecule has 8 nitrogen and oxygen atoms in total. The maximum Gasteiger partial charge on any atom is 0.326 e. The van der Waals surface area contributed by atoms with Crippen LogP contribution in [0, 0.1) is 5.92 Å². The molecule has 35 heavy (non-hydrogen) atoms. The number of amides is 2. The molecule has 2 rings (SSSR count). The Morgan fingerprint density at radius 1 is 1.00 bits per heavy atom. The maximum atomic E-state index is 13.2. The summed E-state index contributed by atoms with van der Waals surface area (Å²) in [5, 5.41) is 18.4. The van der Waals surface area contributed by atoms with Crippen LogP contribution in [-0.4, -0.2) is 54.2 Å². The first-order valence-electron chi connectivity index (χ1n) is 11.6. The van der Waals surface area contributed by atoms with Crippen molar-refractivity contribution in [3.8, 4) is 5.75 Å². The van der Waals surface area contributed by atoms with Crippen molar-refractivity contribution >= 4 is 29.4 Å². The summed E-state index contributed by atoms with van der Waals surface area (Å²) in [5.74, 6) is -2.28. The molecule has 0 unspecified atom stereocenters. The number of aliphatic carboxylic acids is 1. The number of ether oxygens (including phenoxy) is 1. The van der Waals surface area contributed by atoms with Gasteiger partial charge in [-0.2, -0.15) is 0 Å². The quantitative estimate of drug-likeness (QED) is 0.312. The maximum absolute atomic E-state index is 13.2. The molecule has 0 fully saturated rings. The molecule has 0 aliphatic heterocycles. The van der Waals surface area contributed by atoms with E-state index >= 15 is 0 Å². The van der Waals surface area contributed by atoms with E-state index in [1.54, 1.807) is 26.0 Å². The van der Waals surface area contributed by atoms with Crippen LogP contribution in [0.1, 0.15) is 43.6 Å². The lowest BCUT2D eigenvalue weighted by Crippen LogP contribution is -2.53. The van der Waals surface area contributed by atoms with Crippen LogP contribution in [-0.2, 0) is 16.0 Å². The van der Waals surface area contributed by atoms with Gasteiger partial charge in [0.15, 0.2) is 0 Å². The van der Waals surface area contributed by atoms with E-state index in [4.69, 9.17) is 16.3 Å². The smallest absolute Gasteiger partial charge is 0.326 e. The highest BCUT2D eigenvalue weighted by atomic mass is 35.5. The summed E-state index contributed by atoms with van der Waals surface area (Å²) in [6.07, 6.45) is 0.185. The van der Waals surface area contributed by atoms with Gasteiger partial charge in [0, 0.05) is 24.0 Å². The second-order valence-electron chi connectivity index (χ2n) is 8.88. The van der Waals surface area contributed by atoms with Gasteiger partial charge < -0.3 is 25.8 Å². The van der Waals surface area contributed by atoms with E-state index in [1.807, 2.05) is 44.2 Å². The summed E-state index contributed by atoms with van der Waals surface area (Å²) < 4.78 is 5.79.